The van der Waals surface area contributed by atoms with E-state index in [-0.39, 0.29) is 22.0 Å². The van der Waals surface area contributed by atoms with E-state index in [1.165, 1.54) is 10.9 Å². The lowest BCUT2D eigenvalue weighted by atomic mass is 10.1. The molecule has 3 nitrogen and oxygen atoms in total. The summed E-state index contributed by atoms with van der Waals surface area (Å²) < 4.78 is 34.4. The fourth-order valence-electron chi connectivity index (χ4n) is 1.89. The highest BCUT2D eigenvalue weighted by atomic mass is 79.9. The van der Waals surface area contributed by atoms with Gasteiger partial charge in [0.2, 0.25) is 6.23 Å². The molecule has 20 heavy (non-hydrogen) atoms. The van der Waals surface area contributed by atoms with Crippen LogP contribution < -0.4 is 0 Å². The molecule has 0 saturated heterocycles. The summed E-state index contributed by atoms with van der Waals surface area (Å²) >= 11 is 2.95. The monoisotopic (exact) mass is 342 g/mol. The molecule has 0 bridgehead atoms. The molecule has 0 aliphatic carbocycles. The maximum absolute atomic E-state index is 13.9. The lowest BCUT2D eigenvalue weighted by Crippen LogP contribution is -2.09. The van der Waals surface area contributed by atoms with E-state index in [4.69, 9.17) is 4.74 Å². The van der Waals surface area contributed by atoms with Crippen LogP contribution in [0.2, 0.25) is 0 Å². The smallest absolute Gasteiger partial charge is 0.473 e. The zero-order valence-electron chi connectivity index (χ0n) is 14.1. The summed E-state index contributed by atoms with van der Waals surface area (Å²) in [7, 11) is 0. The summed E-state index contributed by atoms with van der Waals surface area (Å²) in [6.07, 6.45) is 9.64. The fourth-order valence-corrected chi connectivity index (χ4v) is 2.20. The van der Waals surface area contributed by atoms with Crippen molar-refractivity contribution in [3.63, 3.8) is 0 Å². The largest absolute Gasteiger partial charge is 1.00 e. The van der Waals surface area contributed by atoms with Crippen LogP contribution in [0, 0.1) is 11.6 Å². The van der Waals surface area contributed by atoms with Crippen molar-refractivity contribution in [1.29, 1.82) is 0 Å². The van der Waals surface area contributed by atoms with Crippen LogP contribution in [0.3, 0.4) is 0 Å². The number of aromatic nitrogens is 2. The first-order valence-electron chi connectivity index (χ1n) is 5.83. The van der Waals surface area contributed by atoms with Gasteiger partial charge in [-0.1, -0.05) is 6.08 Å². The van der Waals surface area contributed by atoms with Gasteiger partial charge in [0.05, 0.1) is 16.9 Å². The number of allylic oxidation sites excluding steroid dienone is 2. The molecule has 1 unspecified atom stereocenters. The Kier molecular flexibility index (Phi) is 3.40. The normalized spacial score (nSPS) is 17.2. The number of nitrogens with zero attached hydrogens (tertiary/aromatic N) is 2. The van der Waals surface area contributed by atoms with Crippen molar-refractivity contribution in [1.82, 2.24) is 9.78 Å². The second kappa shape index (κ2) is 5.20. The van der Waals surface area contributed by atoms with Gasteiger partial charge in [0.15, 0.2) is 0 Å². The van der Waals surface area contributed by atoms with Crippen molar-refractivity contribution in [3.8, 4) is 11.1 Å². The third-order valence-corrected chi connectivity index (χ3v) is 3.47. The Morgan fingerprint density at radius 2 is 2.10 bits per heavy atom. The zero-order chi connectivity index (χ0) is 14.1. The molecule has 1 aliphatic heterocycles. The first-order chi connectivity index (χ1) is 9.65. The van der Waals surface area contributed by atoms with E-state index in [1.54, 1.807) is 24.6 Å². The van der Waals surface area contributed by atoms with Gasteiger partial charge in [-0.15, -0.1) is 0 Å². The molecule has 3 rings (SSSR count). The van der Waals surface area contributed by atoms with Gasteiger partial charge in [0.1, 0.15) is 11.6 Å². The molecule has 2 heterocycles. The average Bonchev–Trinajstić information content (AvgIpc) is 2.93. The van der Waals surface area contributed by atoms with Crippen molar-refractivity contribution in [3.05, 3.63) is 65.1 Å². The Labute approximate surface area is 128 Å². The number of benzene rings is 1. The molecule has 1 atom stereocenters. The van der Waals surface area contributed by atoms with Gasteiger partial charge in [-0.2, -0.15) is 5.10 Å². The highest BCUT2D eigenvalue weighted by Gasteiger charge is 2.15. The van der Waals surface area contributed by atoms with Crippen LogP contribution in [0.25, 0.3) is 11.1 Å². The molecule has 0 amide bonds. The lowest BCUT2D eigenvalue weighted by molar-refractivity contribution is 0.110. The average molecular weight is 343 g/mol. The maximum atomic E-state index is 13.9. The van der Waals surface area contributed by atoms with Crippen molar-refractivity contribution < 1.29 is 19.2 Å². The van der Waals surface area contributed by atoms with E-state index in [2.05, 4.69) is 21.0 Å². The summed E-state index contributed by atoms with van der Waals surface area (Å²) in [5, 5.41) is 4.12. The standard InChI is InChI=1S/C14H9BrF2N2O/c15-11-6-12(16)10(5-13(11)17)9-7-18-19(8-9)14-3-1-2-4-20-14/h1-8,14H/p+4. The van der Waals surface area contributed by atoms with Gasteiger partial charge in [-0.25, -0.2) is 13.5 Å². The second-order valence-corrected chi connectivity index (χ2v) is 5.05. The molecular formula is C14H13BrF2N2O+4. The molecule has 1 aliphatic rings. The molecule has 0 spiro atoms. The minimum absolute atomic E-state index is 0. The van der Waals surface area contributed by atoms with Crippen LogP contribution in [-0.2, 0) is 4.74 Å². The number of hydrogen-bond donors (Lipinski definition) is 0. The maximum Gasteiger partial charge on any atom is 1.00 e. The van der Waals surface area contributed by atoms with Gasteiger partial charge in [-0.05, 0) is 40.2 Å². The molecule has 0 N–H and O–H groups in total. The highest BCUT2D eigenvalue weighted by Crippen LogP contribution is 2.28. The van der Waals surface area contributed by atoms with Crippen molar-refractivity contribution in [2.24, 2.45) is 0 Å². The lowest BCUT2D eigenvalue weighted by Gasteiger charge is -2.14. The van der Waals surface area contributed by atoms with Crippen LogP contribution in [-0.4, -0.2) is 9.78 Å². The van der Waals surface area contributed by atoms with E-state index in [0.717, 1.165) is 12.1 Å². The van der Waals surface area contributed by atoms with Crippen LogP contribution in [0.4, 0.5) is 8.78 Å². The van der Waals surface area contributed by atoms with Crippen LogP contribution in [0.1, 0.15) is 11.9 Å². The minimum atomic E-state index is -0.522. The van der Waals surface area contributed by atoms with E-state index in [9.17, 15) is 8.78 Å². The quantitative estimate of drug-likeness (QED) is 0.743. The molecule has 6 heteroatoms. The third kappa shape index (κ3) is 2.38. The number of hydrogen-bond acceptors (Lipinski definition) is 2. The van der Waals surface area contributed by atoms with Gasteiger partial charge in [-0.3, -0.25) is 0 Å². The summed E-state index contributed by atoms with van der Waals surface area (Å²) in [5.74, 6) is -1.04. The SMILES string of the molecule is Fc1cc(-c2cnn(C3C=CC=CO3)c2)c(F)cc1Br.[H+].[H+].[H+].[H+]. The van der Waals surface area contributed by atoms with Crippen LogP contribution >= 0.6 is 15.9 Å². The van der Waals surface area contributed by atoms with E-state index >= 15 is 0 Å². The first kappa shape index (κ1) is 13.1. The second-order valence-electron chi connectivity index (χ2n) is 4.20. The molecule has 0 fully saturated rings. The Morgan fingerprint density at radius 1 is 1.25 bits per heavy atom. The summed E-state index contributed by atoms with van der Waals surface area (Å²) in [5.41, 5.74) is 0.646. The Hall–Kier alpha value is -1.95. The van der Waals surface area contributed by atoms with E-state index in [1.807, 2.05) is 6.08 Å². The fraction of sp³-hybridized carbons (Fsp3) is 0.0714. The van der Waals surface area contributed by atoms with Gasteiger partial charge < -0.3 is 4.74 Å². The van der Waals surface area contributed by atoms with Crippen molar-refractivity contribution >= 4 is 15.9 Å². The highest BCUT2D eigenvalue weighted by molar-refractivity contribution is 9.10. The van der Waals surface area contributed by atoms with Crippen molar-refractivity contribution in [2.45, 2.75) is 6.23 Å². The van der Waals surface area contributed by atoms with E-state index in [0.29, 0.717) is 5.56 Å². The number of ether oxygens (including phenoxy) is 1. The number of rotatable bonds is 2. The molecule has 1 aromatic heterocycles. The molecule has 2 aromatic rings. The van der Waals surface area contributed by atoms with Crippen LogP contribution in [0.15, 0.2) is 53.5 Å². The topological polar surface area (TPSA) is 27.1 Å². The zero-order valence-corrected chi connectivity index (χ0v) is 11.7. The minimum Gasteiger partial charge on any atom is -0.473 e. The molecule has 102 valence electrons. The molecule has 0 saturated carbocycles. The third-order valence-electron chi connectivity index (χ3n) is 2.87. The molecule has 1 aromatic carbocycles. The first-order valence-corrected chi connectivity index (χ1v) is 6.62. The summed E-state index contributed by atoms with van der Waals surface area (Å²) in [4.78, 5) is 0. The van der Waals surface area contributed by atoms with Gasteiger partial charge >= 0.3 is 5.71 Å². The predicted octanol–water partition coefficient (Wildman–Crippen LogP) is 4.64. The summed E-state index contributed by atoms with van der Waals surface area (Å²) in [6, 6.07) is 2.24. The molecule has 0 radical (unpaired) electrons. The Balaban J connectivity index is 0. The molecular weight excluding hydrogens is 330 g/mol. The predicted molar refractivity (Wildman–Crippen MR) is 78.1 cm³/mol. The number of halogens is 3. The van der Waals surface area contributed by atoms with Gasteiger partial charge in [0, 0.05) is 17.3 Å². The Morgan fingerprint density at radius 3 is 2.85 bits per heavy atom. The van der Waals surface area contributed by atoms with Crippen molar-refractivity contribution in [2.75, 3.05) is 0 Å². The van der Waals surface area contributed by atoms with E-state index < -0.39 is 11.6 Å². The van der Waals surface area contributed by atoms with Crippen LogP contribution in [0.5, 0.6) is 0 Å². The van der Waals surface area contributed by atoms with Gasteiger partial charge in [0.25, 0.3) is 0 Å². The summed E-state index contributed by atoms with van der Waals surface area (Å²) in [6.45, 7) is 0. The Bertz CT molecular complexity index is 725.